The Morgan fingerprint density at radius 3 is 2.95 bits per heavy atom. The summed E-state index contributed by atoms with van der Waals surface area (Å²) in [6.07, 6.45) is 6.88. The smallest absolute Gasteiger partial charge is 0.124 e. The van der Waals surface area contributed by atoms with E-state index < -0.39 is 0 Å². The monoisotopic (exact) mass is 269 g/mol. The molecule has 1 saturated heterocycles. The van der Waals surface area contributed by atoms with Crippen LogP contribution in [0.25, 0.3) is 11.0 Å². The molecule has 1 aliphatic carbocycles. The minimum absolute atomic E-state index is 0.482. The molecule has 3 heteroatoms. The summed E-state index contributed by atoms with van der Waals surface area (Å²) in [5, 5.41) is 0. The molecule has 2 aliphatic rings. The fourth-order valence-corrected chi connectivity index (χ4v) is 4.28. The molecule has 1 aliphatic heterocycles. The highest BCUT2D eigenvalue weighted by molar-refractivity contribution is 5.75. The van der Waals surface area contributed by atoms with Gasteiger partial charge in [0, 0.05) is 6.04 Å². The lowest BCUT2D eigenvalue weighted by Gasteiger charge is -2.30. The zero-order valence-electron chi connectivity index (χ0n) is 12.4. The lowest BCUT2D eigenvalue weighted by molar-refractivity contribution is 0.184. The second-order valence-corrected chi connectivity index (χ2v) is 6.67. The Kier molecular flexibility index (Phi) is 2.84. The zero-order chi connectivity index (χ0) is 13.7. The number of nitrogens with one attached hydrogen (secondary N) is 1. The quantitative estimate of drug-likeness (QED) is 0.853. The highest BCUT2D eigenvalue weighted by atomic mass is 15.2. The number of hydrogen-bond acceptors (Lipinski definition) is 2. The summed E-state index contributed by atoms with van der Waals surface area (Å²) >= 11 is 0. The Labute approximate surface area is 120 Å². The summed E-state index contributed by atoms with van der Waals surface area (Å²) in [7, 11) is 2.29. The highest BCUT2D eigenvalue weighted by Crippen LogP contribution is 2.44. The Morgan fingerprint density at radius 1 is 1.25 bits per heavy atom. The summed E-state index contributed by atoms with van der Waals surface area (Å²) in [4.78, 5) is 11.0. The number of nitrogens with zero attached hydrogens (tertiary/aromatic N) is 2. The molecule has 1 N–H and O–H groups in total. The van der Waals surface area contributed by atoms with Gasteiger partial charge >= 0.3 is 0 Å². The molecule has 3 unspecified atom stereocenters. The van der Waals surface area contributed by atoms with E-state index in [-0.39, 0.29) is 0 Å². The van der Waals surface area contributed by atoms with Crippen LogP contribution in [-0.2, 0) is 0 Å². The van der Waals surface area contributed by atoms with E-state index in [9.17, 15) is 0 Å². The van der Waals surface area contributed by atoms with E-state index in [1.165, 1.54) is 49.0 Å². The number of fused-ring (bicyclic) bond motifs is 2. The van der Waals surface area contributed by atoms with Crippen LogP contribution in [0.2, 0.25) is 0 Å². The Hall–Kier alpha value is -1.35. The van der Waals surface area contributed by atoms with Gasteiger partial charge in [-0.1, -0.05) is 18.9 Å². The average molecular weight is 269 g/mol. The number of H-pyrrole nitrogens is 1. The maximum Gasteiger partial charge on any atom is 0.124 e. The lowest BCUT2D eigenvalue weighted by Crippen LogP contribution is -2.32. The van der Waals surface area contributed by atoms with Gasteiger partial charge in [-0.05, 0) is 56.8 Å². The van der Waals surface area contributed by atoms with Crippen molar-refractivity contribution >= 4 is 11.0 Å². The van der Waals surface area contributed by atoms with Crippen molar-refractivity contribution in [2.24, 2.45) is 5.92 Å². The fraction of sp³-hybridized carbons (Fsp3) is 0.588. The molecule has 3 atom stereocenters. The van der Waals surface area contributed by atoms with Crippen molar-refractivity contribution in [3.8, 4) is 0 Å². The Morgan fingerprint density at radius 2 is 2.10 bits per heavy atom. The van der Waals surface area contributed by atoms with Crippen LogP contribution in [0.15, 0.2) is 18.2 Å². The number of aryl methyl sites for hydroxylation is 1. The minimum atomic E-state index is 0.482. The molecule has 106 valence electrons. The average Bonchev–Trinajstić information content (AvgIpc) is 3.00. The third-order valence-electron chi connectivity index (χ3n) is 5.38. The topological polar surface area (TPSA) is 31.9 Å². The minimum Gasteiger partial charge on any atom is -0.341 e. The summed E-state index contributed by atoms with van der Waals surface area (Å²) in [6, 6.07) is 7.75. The van der Waals surface area contributed by atoms with Gasteiger partial charge in [-0.15, -0.1) is 0 Å². The van der Waals surface area contributed by atoms with E-state index in [2.05, 4.69) is 42.1 Å². The van der Waals surface area contributed by atoms with Crippen LogP contribution < -0.4 is 0 Å². The highest BCUT2D eigenvalue weighted by Gasteiger charge is 2.41. The number of aromatic nitrogens is 2. The van der Waals surface area contributed by atoms with Crippen molar-refractivity contribution in [1.82, 2.24) is 14.9 Å². The molecule has 2 fully saturated rings. The molecule has 1 saturated carbocycles. The molecule has 0 bridgehead atoms. The van der Waals surface area contributed by atoms with E-state index in [0.717, 1.165) is 17.5 Å². The van der Waals surface area contributed by atoms with E-state index in [1.54, 1.807) is 0 Å². The maximum atomic E-state index is 4.87. The van der Waals surface area contributed by atoms with Crippen LogP contribution in [0.5, 0.6) is 0 Å². The molecule has 4 rings (SSSR count). The van der Waals surface area contributed by atoms with Gasteiger partial charge in [-0.3, -0.25) is 4.90 Å². The molecule has 1 aromatic carbocycles. The fourth-order valence-electron chi connectivity index (χ4n) is 4.28. The molecule has 2 aromatic rings. The molecule has 1 aromatic heterocycles. The van der Waals surface area contributed by atoms with Gasteiger partial charge in [-0.25, -0.2) is 4.98 Å². The molecule has 0 spiro atoms. The van der Waals surface area contributed by atoms with Gasteiger partial charge in [0.05, 0.1) is 17.1 Å². The maximum absolute atomic E-state index is 4.87. The van der Waals surface area contributed by atoms with Gasteiger partial charge in [-0.2, -0.15) is 0 Å². The standard InChI is InChI=1S/C17H23N3/c1-11-7-8-13-14(9-11)19-17(18-13)16-10-12-5-3-4-6-15(12)20(16)2/h7-9,12,15-16H,3-6,10H2,1-2H3,(H,18,19). The first kappa shape index (κ1) is 12.4. The predicted octanol–water partition coefficient (Wildman–Crippen LogP) is 3.81. The lowest BCUT2D eigenvalue weighted by atomic mass is 9.85. The van der Waals surface area contributed by atoms with Crippen molar-refractivity contribution in [2.45, 2.75) is 51.1 Å². The largest absolute Gasteiger partial charge is 0.341 e. The first-order valence-corrected chi connectivity index (χ1v) is 7.90. The SMILES string of the molecule is Cc1ccc2[nH]c(C3CC4CCCCC4N3C)nc2c1. The van der Waals surface area contributed by atoms with Gasteiger partial charge in [0.25, 0.3) is 0 Å². The number of aromatic amines is 1. The molecule has 2 heterocycles. The number of benzene rings is 1. The predicted molar refractivity (Wildman–Crippen MR) is 81.7 cm³/mol. The van der Waals surface area contributed by atoms with Crippen LogP contribution in [0, 0.1) is 12.8 Å². The Bertz CT molecular complexity index is 630. The number of imidazole rings is 1. The van der Waals surface area contributed by atoms with Gasteiger partial charge < -0.3 is 4.98 Å². The zero-order valence-corrected chi connectivity index (χ0v) is 12.4. The Balaban J connectivity index is 1.68. The second kappa shape index (κ2) is 4.59. The van der Waals surface area contributed by atoms with E-state index in [0.29, 0.717) is 6.04 Å². The van der Waals surface area contributed by atoms with Crippen LogP contribution in [0.4, 0.5) is 0 Å². The van der Waals surface area contributed by atoms with Gasteiger partial charge in [0.15, 0.2) is 0 Å². The molecular formula is C17H23N3. The molecule has 20 heavy (non-hydrogen) atoms. The molecule has 0 amide bonds. The van der Waals surface area contributed by atoms with Gasteiger partial charge in [0.2, 0.25) is 0 Å². The molecule has 0 radical (unpaired) electrons. The summed E-state index contributed by atoms with van der Waals surface area (Å²) in [5.41, 5.74) is 3.57. The summed E-state index contributed by atoms with van der Waals surface area (Å²) in [6.45, 7) is 2.13. The van der Waals surface area contributed by atoms with Crippen LogP contribution >= 0.6 is 0 Å². The van der Waals surface area contributed by atoms with Crippen molar-refractivity contribution < 1.29 is 0 Å². The van der Waals surface area contributed by atoms with Crippen molar-refractivity contribution in [2.75, 3.05) is 7.05 Å². The van der Waals surface area contributed by atoms with E-state index in [4.69, 9.17) is 4.98 Å². The third-order valence-corrected chi connectivity index (χ3v) is 5.38. The van der Waals surface area contributed by atoms with Gasteiger partial charge in [0.1, 0.15) is 5.82 Å². The number of rotatable bonds is 1. The normalized spacial score (nSPS) is 30.8. The molecule has 3 nitrogen and oxygen atoms in total. The second-order valence-electron chi connectivity index (χ2n) is 6.67. The van der Waals surface area contributed by atoms with Crippen molar-refractivity contribution in [3.63, 3.8) is 0 Å². The number of likely N-dealkylation sites (tertiary alicyclic amines) is 1. The first-order valence-electron chi connectivity index (χ1n) is 7.90. The van der Waals surface area contributed by atoms with E-state index in [1.807, 2.05) is 0 Å². The van der Waals surface area contributed by atoms with Crippen LogP contribution in [-0.4, -0.2) is 28.0 Å². The van der Waals surface area contributed by atoms with Crippen LogP contribution in [0.1, 0.15) is 49.5 Å². The summed E-state index contributed by atoms with van der Waals surface area (Å²) < 4.78 is 0. The first-order chi connectivity index (χ1) is 9.72. The van der Waals surface area contributed by atoms with Crippen molar-refractivity contribution in [3.05, 3.63) is 29.6 Å². The van der Waals surface area contributed by atoms with Crippen LogP contribution in [0.3, 0.4) is 0 Å². The molecular weight excluding hydrogens is 246 g/mol. The summed E-state index contributed by atoms with van der Waals surface area (Å²) in [5.74, 6) is 2.05. The van der Waals surface area contributed by atoms with Crippen molar-refractivity contribution in [1.29, 1.82) is 0 Å². The number of hydrogen-bond donors (Lipinski definition) is 1. The third kappa shape index (κ3) is 1.87. The van der Waals surface area contributed by atoms with E-state index >= 15 is 0 Å².